The number of nitrogens with zero attached hydrogens (tertiary/aromatic N) is 4. The number of halogens is 1. The van der Waals surface area contributed by atoms with E-state index in [9.17, 15) is 0 Å². The lowest BCUT2D eigenvalue weighted by atomic mass is 10.1. The lowest BCUT2D eigenvalue weighted by molar-refractivity contribution is 0.850. The molecule has 1 aliphatic rings. The van der Waals surface area contributed by atoms with Crippen molar-refractivity contribution in [3.8, 4) is 0 Å². The van der Waals surface area contributed by atoms with Crippen LogP contribution in [0.4, 0.5) is 0 Å². The van der Waals surface area contributed by atoms with Crippen molar-refractivity contribution in [1.82, 2.24) is 19.6 Å². The summed E-state index contributed by atoms with van der Waals surface area (Å²) in [5, 5.41) is 8.52. The highest BCUT2D eigenvalue weighted by Crippen LogP contribution is 2.53. The van der Waals surface area contributed by atoms with E-state index in [1.165, 1.54) is 5.56 Å². The number of hydrogen-bond donors (Lipinski definition) is 0. The highest BCUT2D eigenvalue weighted by Gasteiger charge is 2.42. The Morgan fingerprint density at radius 3 is 2.86 bits per heavy atom. The fourth-order valence-corrected chi connectivity index (χ4v) is 3.85. The zero-order valence-electron chi connectivity index (χ0n) is 11.5. The first-order chi connectivity index (χ1) is 10.8. The Bertz CT molecular complexity index is 988. The molecule has 0 aliphatic heterocycles. The molecule has 0 spiro atoms. The molecule has 4 nitrogen and oxygen atoms in total. The molecule has 1 saturated carbocycles. The summed E-state index contributed by atoms with van der Waals surface area (Å²) in [5.41, 5.74) is 2.22. The van der Waals surface area contributed by atoms with Crippen molar-refractivity contribution in [2.75, 3.05) is 0 Å². The fourth-order valence-electron chi connectivity index (χ4n) is 3.00. The number of fused-ring (bicyclic) bond motifs is 3. The van der Waals surface area contributed by atoms with Gasteiger partial charge in [0.05, 0.1) is 5.39 Å². The lowest BCUT2D eigenvalue weighted by Crippen LogP contribution is -1.90. The first-order valence-corrected chi connectivity index (χ1v) is 8.39. The van der Waals surface area contributed by atoms with E-state index in [1.807, 2.05) is 17.5 Å². The molecule has 108 valence electrons. The van der Waals surface area contributed by atoms with Crippen LogP contribution in [0, 0.1) is 0 Å². The maximum absolute atomic E-state index is 5.95. The van der Waals surface area contributed by atoms with Gasteiger partial charge in [-0.25, -0.2) is 14.5 Å². The summed E-state index contributed by atoms with van der Waals surface area (Å²) >= 11 is 7.58. The quantitative estimate of drug-likeness (QED) is 0.552. The third kappa shape index (κ3) is 1.86. The third-order valence-electron chi connectivity index (χ3n) is 4.24. The largest absolute Gasteiger partial charge is 0.225 e. The van der Waals surface area contributed by atoms with Crippen LogP contribution in [0.2, 0.25) is 5.02 Å². The van der Waals surface area contributed by atoms with Crippen LogP contribution in [0.25, 0.3) is 15.9 Å². The van der Waals surface area contributed by atoms with Gasteiger partial charge in [-0.1, -0.05) is 23.7 Å². The predicted octanol–water partition coefficient (Wildman–Crippen LogP) is 4.26. The van der Waals surface area contributed by atoms with Crippen molar-refractivity contribution in [2.45, 2.75) is 18.3 Å². The maximum Gasteiger partial charge on any atom is 0.167 e. The van der Waals surface area contributed by atoms with Gasteiger partial charge >= 0.3 is 0 Å². The summed E-state index contributed by atoms with van der Waals surface area (Å²) in [6.45, 7) is 0. The smallest absolute Gasteiger partial charge is 0.167 e. The highest BCUT2D eigenvalue weighted by atomic mass is 35.5. The molecule has 4 aromatic rings. The Labute approximate surface area is 135 Å². The standard InChI is InChI=1S/C16H11ClN4S/c17-10-3-1-9(2-4-10)12-7-13(12)14-19-15-11-5-6-22-16(11)18-8-21(15)20-14/h1-6,8,12-13H,7H2. The van der Waals surface area contributed by atoms with Crippen LogP contribution in [0.5, 0.6) is 0 Å². The minimum atomic E-state index is 0.398. The fraction of sp³-hybridized carbons (Fsp3) is 0.188. The predicted molar refractivity (Wildman–Crippen MR) is 87.7 cm³/mol. The molecule has 3 aromatic heterocycles. The Kier molecular flexibility index (Phi) is 2.57. The Morgan fingerprint density at radius 1 is 1.14 bits per heavy atom. The van der Waals surface area contributed by atoms with Gasteiger partial charge in [-0.2, -0.15) is 0 Å². The van der Waals surface area contributed by atoms with Crippen molar-refractivity contribution in [3.05, 3.63) is 58.4 Å². The SMILES string of the molecule is Clc1ccc(C2CC2c2nc3c4ccsc4ncn3n2)cc1. The second-order valence-electron chi connectivity index (χ2n) is 5.62. The molecule has 5 rings (SSSR count). The summed E-state index contributed by atoms with van der Waals surface area (Å²) in [7, 11) is 0. The van der Waals surface area contributed by atoms with E-state index in [0.717, 1.165) is 33.1 Å². The van der Waals surface area contributed by atoms with Gasteiger partial charge in [0, 0.05) is 10.9 Å². The van der Waals surface area contributed by atoms with Gasteiger partial charge in [0.15, 0.2) is 11.5 Å². The first kappa shape index (κ1) is 12.6. The molecule has 0 radical (unpaired) electrons. The average molecular weight is 327 g/mol. The normalized spacial score (nSPS) is 20.8. The minimum Gasteiger partial charge on any atom is -0.225 e. The summed E-state index contributed by atoms with van der Waals surface area (Å²) in [4.78, 5) is 10.2. The van der Waals surface area contributed by atoms with Crippen molar-refractivity contribution < 1.29 is 0 Å². The second kappa shape index (κ2) is 4.51. The molecular formula is C16H11ClN4S. The summed E-state index contributed by atoms with van der Waals surface area (Å²) in [6, 6.07) is 10.2. The van der Waals surface area contributed by atoms with Crippen LogP contribution in [0.3, 0.4) is 0 Å². The van der Waals surface area contributed by atoms with Crippen molar-refractivity contribution >= 4 is 38.8 Å². The molecule has 6 heteroatoms. The molecule has 1 aliphatic carbocycles. The molecule has 0 saturated heterocycles. The number of aromatic nitrogens is 4. The summed E-state index contributed by atoms with van der Waals surface area (Å²) in [6.07, 6.45) is 2.85. The molecule has 0 N–H and O–H groups in total. The molecule has 1 fully saturated rings. The van der Waals surface area contributed by atoms with Crippen LogP contribution < -0.4 is 0 Å². The Hall–Kier alpha value is -1.98. The van der Waals surface area contributed by atoms with E-state index < -0.39 is 0 Å². The second-order valence-corrected chi connectivity index (χ2v) is 6.95. The van der Waals surface area contributed by atoms with Crippen LogP contribution in [0.1, 0.15) is 29.6 Å². The zero-order valence-corrected chi connectivity index (χ0v) is 13.1. The molecule has 0 amide bonds. The maximum atomic E-state index is 5.95. The van der Waals surface area contributed by atoms with Crippen LogP contribution >= 0.6 is 22.9 Å². The molecule has 2 unspecified atom stereocenters. The van der Waals surface area contributed by atoms with Crippen molar-refractivity contribution in [3.63, 3.8) is 0 Å². The molecule has 0 bridgehead atoms. The molecule has 1 aromatic carbocycles. The van der Waals surface area contributed by atoms with E-state index in [0.29, 0.717) is 11.8 Å². The molecule has 3 heterocycles. The van der Waals surface area contributed by atoms with E-state index in [2.05, 4.69) is 28.3 Å². The third-order valence-corrected chi connectivity index (χ3v) is 5.31. The number of thiophene rings is 1. The van der Waals surface area contributed by atoms with Crippen molar-refractivity contribution in [1.29, 1.82) is 0 Å². The van der Waals surface area contributed by atoms with Gasteiger partial charge in [-0.05, 0) is 41.5 Å². The summed E-state index contributed by atoms with van der Waals surface area (Å²) < 4.78 is 1.79. The van der Waals surface area contributed by atoms with Gasteiger partial charge in [-0.15, -0.1) is 16.4 Å². The van der Waals surface area contributed by atoms with Crippen LogP contribution in [-0.2, 0) is 0 Å². The minimum absolute atomic E-state index is 0.398. The average Bonchev–Trinajstić information content (AvgIpc) is 2.98. The van der Waals surface area contributed by atoms with Crippen LogP contribution in [-0.4, -0.2) is 19.6 Å². The number of benzene rings is 1. The van der Waals surface area contributed by atoms with Gasteiger partial charge in [-0.3, -0.25) is 0 Å². The summed E-state index contributed by atoms with van der Waals surface area (Å²) in [5.74, 6) is 1.82. The Morgan fingerprint density at radius 2 is 2.00 bits per heavy atom. The molecule has 2 atom stereocenters. The molecular weight excluding hydrogens is 316 g/mol. The number of rotatable bonds is 2. The van der Waals surface area contributed by atoms with Crippen molar-refractivity contribution in [2.24, 2.45) is 0 Å². The van der Waals surface area contributed by atoms with Gasteiger partial charge in [0.1, 0.15) is 11.2 Å². The van der Waals surface area contributed by atoms with Crippen LogP contribution in [0.15, 0.2) is 42.0 Å². The van der Waals surface area contributed by atoms with Gasteiger partial charge in [0.25, 0.3) is 0 Å². The zero-order chi connectivity index (χ0) is 14.7. The monoisotopic (exact) mass is 326 g/mol. The van der Waals surface area contributed by atoms with E-state index in [1.54, 1.807) is 22.2 Å². The topological polar surface area (TPSA) is 43.1 Å². The van der Waals surface area contributed by atoms with Gasteiger partial charge < -0.3 is 0 Å². The van der Waals surface area contributed by atoms with E-state index in [-0.39, 0.29) is 0 Å². The lowest BCUT2D eigenvalue weighted by Gasteiger charge is -1.98. The van der Waals surface area contributed by atoms with E-state index in [4.69, 9.17) is 16.6 Å². The highest BCUT2D eigenvalue weighted by molar-refractivity contribution is 7.16. The van der Waals surface area contributed by atoms with E-state index >= 15 is 0 Å². The van der Waals surface area contributed by atoms with Gasteiger partial charge in [0.2, 0.25) is 0 Å². The number of hydrogen-bond acceptors (Lipinski definition) is 4. The first-order valence-electron chi connectivity index (χ1n) is 7.13. The Balaban J connectivity index is 1.53. The molecule has 22 heavy (non-hydrogen) atoms.